The van der Waals surface area contributed by atoms with Crippen LogP contribution < -0.4 is 0 Å². The molecule has 0 saturated heterocycles. The van der Waals surface area contributed by atoms with Crippen molar-refractivity contribution in [1.29, 1.82) is 0 Å². The highest BCUT2D eigenvalue weighted by atomic mass is 28.1. The Hall–Kier alpha value is -0.963. The summed E-state index contributed by atoms with van der Waals surface area (Å²) in [5.41, 5.74) is 0.731. The number of phenols is 2. The van der Waals surface area contributed by atoms with Gasteiger partial charge in [0.15, 0.2) is 11.5 Å². The third kappa shape index (κ3) is 1.77. The Balaban J connectivity index is 3.26. The molecular formula is C11H15O2Si. The van der Waals surface area contributed by atoms with Crippen molar-refractivity contribution in [3.8, 4) is 11.5 Å². The van der Waals surface area contributed by atoms with Crippen LogP contribution in [-0.4, -0.2) is 20.5 Å². The lowest BCUT2D eigenvalue weighted by Crippen LogP contribution is -2.22. The molecule has 0 saturated carbocycles. The van der Waals surface area contributed by atoms with E-state index in [0.29, 0.717) is 0 Å². The summed E-state index contributed by atoms with van der Waals surface area (Å²) in [5.74, 6) is -0.0921. The van der Waals surface area contributed by atoms with Crippen molar-refractivity contribution < 1.29 is 10.2 Å². The Morgan fingerprint density at radius 1 is 1.29 bits per heavy atom. The van der Waals surface area contributed by atoms with E-state index in [1.54, 1.807) is 6.07 Å². The second-order valence-electron chi connectivity index (χ2n) is 4.12. The first-order valence-corrected chi connectivity index (χ1v) is 5.17. The topological polar surface area (TPSA) is 40.5 Å². The van der Waals surface area contributed by atoms with E-state index in [-0.39, 0.29) is 22.5 Å². The molecule has 14 heavy (non-hydrogen) atoms. The van der Waals surface area contributed by atoms with Crippen molar-refractivity contribution in [3.05, 3.63) is 23.8 Å². The molecule has 1 rings (SSSR count). The fraction of sp³-hybridized carbons (Fsp3) is 0.455. The van der Waals surface area contributed by atoms with Gasteiger partial charge in [0.25, 0.3) is 0 Å². The Bertz CT molecular complexity index is 332. The molecule has 3 radical (unpaired) electrons. The van der Waals surface area contributed by atoms with E-state index in [0.717, 1.165) is 5.56 Å². The molecule has 75 valence electrons. The molecule has 1 aromatic rings. The number of hydrogen-bond acceptors (Lipinski definition) is 2. The maximum absolute atomic E-state index is 9.71. The Morgan fingerprint density at radius 3 is 2.36 bits per heavy atom. The van der Waals surface area contributed by atoms with Crippen LogP contribution in [-0.2, 0) is 5.41 Å². The highest BCUT2D eigenvalue weighted by molar-refractivity contribution is 6.12. The number of aromatic hydroxyl groups is 2. The van der Waals surface area contributed by atoms with Crippen molar-refractivity contribution in [1.82, 2.24) is 0 Å². The Kier molecular flexibility index (Phi) is 2.90. The van der Waals surface area contributed by atoms with Crippen molar-refractivity contribution >= 4 is 10.2 Å². The quantitative estimate of drug-likeness (QED) is 0.577. The van der Waals surface area contributed by atoms with Crippen LogP contribution in [0.25, 0.3) is 0 Å². The smallest absolute Gasteiger partial charge is 0.161 e. The lowest BCUT2D eigenvalue weighted by molar-refractivity contribution is 0.382. The number of para-hydroxylation sites is 1. The predicted molar refractivity (Wildman–Crippen MR) is 58.0 cm³/mol. The minimum Gasteiger partial charge on any atom is -0.504 e. The summed E-state index contributed by atoms with van der Waals surface area (Å²) in [6.45, 7) is 6.04. The van der Waals surface area contributed by atoms with E-state index in [1.165, 1.54) is 6.07 Å². The molecular weight excluding hydrogens is 192 g/mol. The van der Waals surface area contributed by atoms with E-state index < -0.39 is 0 Å². The normalized spacial score (nSPS) is 14.0. The number of hydrogen-bond donors (Lipinski definition) is 2. The van der Waals surface area contributed by atoms with Crippen LogP contribution in [0.5, 0.6) is 11.5 Å². The van der Waals surface area contributed by atoms with E-state index in [4.69, 9.17) is 0 Å². The van der Waals surface area contributed by atoms with Crippen LogP contribution in [0, 0.1) is 0 Å². The fourth-order valence-electron chi connectivity index (χ4n) is 1.28. The SMILES string of the molecule is CC([Si])C(C)(C)c1cccc(O)c1O. The van der Waals surface area contributed by atoms with E-state index in [1.807, 2.05) is 26.8 Å². The first-order chi connectivity index (χ1) is 6.37. The van der Waals surface area contributed by atoms with Gasteiger partial charge in [0.05, 0.1) is 0 Å². The van der Waals surface area contributed by atoms with E-state index >= 15 is 0 Å². The van der Waals surface area contributed by atoms with Crippen LogP contribution in [0.4, 0.5) is 0 Å². The van der Waals surface area contributed by atoms with Gasteiger partial charge in [-0.05, 0) is 17.0 Å². The molecule has 1 atom stereocenters. The zero-order chi connectivity index (χ0) is 10.9. The first-order valence-electron chi connectivity index (χ1n) is 4.60. The maximum atomic E-state index is 9.71. The fourth-order valence-corrected chi connectivity index (χ4v) is 1.44. The monoisotopic (exact) mass is 207 g/mol. The van der Waals surface area contributed by atoms with Gasteiger partial charge in [-0.25, -0.2) is 0 Å². The Morgan fingerprint density at radius 2 is 1.86 bits per heavy atom. The van der Waals surface area contributed by atoms with Crippen LogP contribution in [0.3, 0.4) is 0 Å². The Labute approximate surface area is 88.0 Å². The number of benzene rings is 1. The maximum Gasteiger partial charge on any atom is 0.161 e. The zero-order valence-corrected chi connectivity index (χ0v) is 9.70. The third-order valence-corrected chi connectivity index (χ3v) is 3.51. The molecule has 0 aromatic heterocycles. The minimum absolute atomic E-state index is 0.0254. The average Bonchev–Trinajstić information content (AvgIpc) is 2.09. The molecule has 0 fully saturated rings. The molecule has 0 amide bonds. The average molecular weight is 207 g/mol. The summed E-state index contributed by atoms with van der Waals surface area (Å²) in [4.78, 5) is 0. The number of rotatable bonds is 2. The summed E-state index contributed by atoms with van der Waals surface area (Å²) < 4.78 is 0. The van der Waals surface area contributed by atoms with Gasteiger partial charge >= 0.3 is 0 Å². The van der Waals surface area contributed by atoms with Gasteiger partial charge in [0.1, 0.15) is 0 Å². The van der Waals surface area contributed by atoms with Gasteiger partial charge < -0.3 is 10.2 Å². The standard InChI is InChI=1S/C11H15O2Si/c1-7(14)11(2,3)8-5-4-6-9(12)10(8)13/h4-7,12-13H,1-3H3. The van der Waals surface area contributed by atoms with Crippen molar-refractivity contribution in [2.75, 3.05) is 0 Å². The number of phenolic OH excluding ortho intramolecular Hbond substituents is 2. The van der Waals surface area contributed by atoms with Crippen LogP contribution in [0.15, 0.2) is 18.2 Å². The van der Waals surface area contributed by atoms with Gasteiger partial charge in [-0.3, -0.25) is 0 Å². The van der Waals surface area contributed by atoms with Crippen molar-refractivity contribution in [3.63, 3.8) is 0 Å². The van der Waals surface area contributed by atoms with Gasteiger partial charge in [-0.15, -0.1) is 0 Å². The summed E-state index contributed by atoms with van der Waals surface area (Å²) >= 11 is 0. The summed E-state index contributed by atoms with van der Waals surface area (Å²) in [7, 11) is 3.55. The van der Waals surface area contributed by atoms with E-state index in [2.05, 4.69) is 10.2 Å². The molecule has 1 aromatic carbocycles. The summed E-state index contributed by atoms with van der Waals surface area (Å²) in [5, 5.41) is 19.1. The molecule has 1 unspecified atom stereocenters. The first kappa shape index (κ1) is 11.1. The second-order valence-corrected chi connectivity index (χ2v) is 4.98. The highest BCUT2D eigenvalue weighted by Gasteiger charge is 2.28. The predicted octanol–water partition coefficient (Wildman–Crippen LogP) is 2.35. The van der Waals surface area contributed by atoms with Gasteiger partial charge in [-0.1, -0.05) is 32.9 Å². The van der Waals surface area contributed by atoms with Crippen LogP contribution in [0.1, 0.15) is 26.3 Å². The van der Waals surface area contributed by atoms with Gasteiger partial charge in [0.2, 0.25) is 0 Å². The van der Waals surface area contributed by atoms with Crippen molar-refractivity contribution in [2.24, 2.45) is 0 Å². The second kappa shape index (κ2) is 3.65. The zero-order valence-electron chi connectivity index (χ0n) is 8.70. The highest BCUT2D eigenvalue weighted by Crippen LogP contribution is 2.41. The van der Waals surface area contributed by atoms with Crippen molar-refractivity contribution in [2.45, 2.75) is 31.7 Å². The third-order valence-electron chi connectivity index (χ3n) is 2.79. The molecule has 0 bridgehead atoms. The van der Waals surface area contributed by atoms with Crippen LogP contribution in [0.2, 0.25) is 5.54 Å². The molecule has 3 heteroatoms. The summed E-state index contributed by atoms with van der Waals surface area (Å²) in [6.07, 6.45) is 0. The summed E-state index contributed by atoms with van der Waals surface area (Å²) in [6, 6.07) is 5.04. The molecule has 0 heterocycles. The molecule has 0 aliphatic rings. The van der Waals surface area contributed by atoms with Crippen LogP contribution >= 0.6 is 0 Å². The minimum atomic E-state index is -0.223. The molecule has 0 spiro atoms. The molecule has 0 aliphatic carbocycles. The van der Waals surface area contributed by atoms with Gasteiger partial charge in [-0.2, -0.15) is 0 Å². The molecule has 0 aliphatic heterocycles. The largest absolute Gasteiger partial charge is 0.504 e. The van der Waals surface area contributed by atoms with E-state index in [9.17, 15) is 10.2 Å². The molecule has 2 N–H and O–H groups in total. The lowest BCUT2D eigenvalue weighted by Gasteiger charge is -2.30. The lowest BCUT2D eigenvalue weighted by atomic mass is 9.81. The molecule has 2 nitrogen and oxygen atoms in total. The van der Waals surface area contributed by atoms with Gasteiger partial charge in [0, 0.05) is 15.8 Å².